The molecule has 0 aromatic rings. The molecule has 0 nitrogen and oxygen atoms in total. The van der Waals surface area contributed by atoms with E-state index < -0.39 is 0 Å². The van der Waals surface area contributed by atoms with Gasteiger partial charge in [0.1, 0.15) is 0 Å². The van der Waals surface area contributed by atoms with Crippen LogP contribution in [0.1, 0.15) is 44.9 Å². The number of fused-ring (bicyclic) bond motifs is 4. The fourth-order valence-electron chi connectivity index (χ4n) is 4.57. The van der Waals surface area contributed by atoms with Crippen LogP contribution in [0.4, 0.5) is 0 Å². The van der Waals surface area contributed by atoms with Gasteiger partial charge in [0, 0.05) is 0 Å². The Morgan fingerprint density at radius 3 is 1.31 bits per heavy atom. The Balaban J connectivity index is 1.59. The molecule has 4 aliphatic rings. The zero-order valence-corrected chi connectivity index (χ0v) is 8.41. The monoisotopic (exact) mass is 176 g/mol. The van der Waals surface area contributed by atoms with Gasteiger partial charge in [-0.05, 0) is 80.5 Å². The molecule has 72 valence electrons. The van der Waals surface area contributed by atoms with Crippen LogP contribution in [0.15, 0.2) is 0 Å². The molecule has 0 heterocycles. The predicted molar refractivity (Wildman–Crippen MR) is 53.3 cm³/mol. The highest BCUT2D eigenvalue weighted by Crippen LogP contribution is 2.61. The van der Waals surface area contributed by atoms with Crippen LogP contribution in [0.5, 0.6) is 0 Å². The van der Waals surface area contributed by atoms with Gasteiger partial charge in [-0.2, -0.15) is 0 Å². The highest BCUT2D eigenvalue weighted by atomic mass is 14.6. The first-order valence-corrected chi connectivity index (χ1v) is 6.42. The van der Waals surface area contributed by atoms with E-state index in [9.17, 15) is 0 Å². The largest absolute Gasteiger partial charge is 0.0499 e. The predicted octanol–water partition coefficient (Wildman–Crippen LogP) is 3.47. The summed E-state index contributed by atoms with van der Waals surface area (Å²) < 4.78 is 0. The Hall–Kier alpha value is 0. The maximum Gasteiger partial charge on any atom is -0.0355 e. The molecule has 4 saturated carbocycles. The lowest BCUT2D eigenvalue weighted by molar-refractivity contribution is -0.0171. The second-order valence-electron chi connectivity index (χ2n) is 6.23. The van der Waals surface area contributed by atoms with Gasteiger partial charge >= 0.3 is 0 Å². The van der Waals surface area contributed by atoms with Crippen molar-refractivity contribution in [2.45, 2.75) is 44.9 Å². The van der Waals surface area contributed by atoms with Crippen LogP contribution in [-0.2, 0) is 0 Å². The van der Waals surface area contributed by atoms with Crippen molar-refractivity contribution < 1.29 is 0 Å². The van der Waals surface area contributed by atoms with Crippen LogP contribution in [-0.4, -0.2) is 0 Å². The third-order valence-corrected chi connectivity index (χ3v) is 5.78. The lowest BCUT2D eigenvalue weighted by Gasteiger charge is -2.52. The molecule has 4 rings (SSSR count). The summed E-state index contributed by atoms with van der Waals surface area (Å²) in [7, 11) is 0. The molecule has 0 heteroatoms. The van der Waals surface area contributed by atoms with Gasteiger partial charge in [-0.1, -0.05) is 0 Å². The van der Waals surface area contributed by atoms with E-state index in [2.05, 4.69) is 0 Å². The van der Waals surface area contributed by atoms with E-state index >= 15 is 0 Å². The standard InChI is InChI=1S/C13H20/c1-3-12-8(1)5-10-7-11(10)6-9-2-4-13(9)12/h8-13H,1-7H2. The molecule has 0 bridgehead atoms. The molecule has 6 unspecified atom stereocenters. The van der Waals surface area contributed by atoms with Crippen molar-refractivity contribution in [2.75, 3.05) is 0 Å². The van der Waals surface area contributed by atoms with Crippen molar-refractivity contribution in [1.82, 2.24) is 0 Å². The summed E-state index contributed by atoms with van der Waals surface area (Å²) >= 11 is 0. The fraction of sp³-hybridized carbons (Fsp3) is 1.00. The zero-order chi connectivity index (χ0) is 8.41. The Bertz CT molecular complexity index is 208. The van der Waals surface area contributed by atoms with E-state index in [1.54, 1.807) is 44.9 Å². The molecule has 4 aliphatic carbocycles. The van der Waals surface area contributed by atoms with Gasteiger partial charge in [0.2, 0.25) is 0 Å². The Labute approximate surface area is 81.1 Å². The molecule has 13 heavy (non-hydrogen) atoms. The topological polar surface area (TPSA) is 0 Å². The van der Waals surface area contributed by atoms with Gasteiger partial charge in [-0.25, -0.2) is 0 Å². The first-order chi connectivity index (χ1) is 6.42. The molecule has 4 fully saturated rings. The summed E-state index contributed by atoms with van der Waals surface area (Å²) in [4.78, 5) is 0. The average molecular weight is 176 g/mol. The SMILES string of the molecule is C1C2CC3CCC3C3CCC3CC12. The van der Waals surface area contributed by atoms with Crippen LogP contribution in [0, 0.1) is 35.5 Å². The molecule has 0 aliphatic heterocycles. The van der Waals surface area contributed by atoms with E-state index in [0.29, 0.717) is 0 Å². The molecule has 0 radical (unpaired) electrons. The lowest BCUT2D eigenvalue weighted by Crippen LogP contribution is -2.43. The van der Waals surface area contributed by atoms with E-state index in [0.717, 1.165) is 0 Å². The maximum absolute atomic E-state index is 1.64. The average Bonchev–Trinajstić information content (AvgIpc) is 2.80. The molecular formula is C13H20. The van der Waals surface area contributed by atoms with Crippen molar-refractivity contribution in [3.63, 3.8) is 0 Å². The van der Waals surface area contributed by atoms with E-state index in [1.807, 2.05) is 0 Å². The first kappa shape index (κ1) is 7.31. The highest BCUT2D eigenvalue weighted by Gasteiger charge is 2.52. The maximum atomic E-state index is 1.64. The van der Waals surface area contributed by atoms with Gasteiger partial charge in [0.25, 0.3) is 0 Å². The second kappa shape index (κ2) is 2.32. The van der Waals surface area contributed by atoms with Crippen molar-refractivity contribution in [3.05, 3.63) is 0 Å². The van der Waals surface area contributed by atoms with Gasteiger partial charge in [0.05, 0.1) is 0 Å². The number of hydrogen-bond acceptors (Lipinski definition) is 0. The second-order valence-corrected chi connectivity index (χ2v) is 6.23. The van der Waals surface area contributed by atoms with Crippen LogP contribution in [0.3, 0.4) is 0 Å². The minimum absolute atomic E-state index is 1.20. The van der Waals surface area contributed by atoms with E-state index in [1.165, 1.54) is 35.5 Å². The minimum Gasteiger partial charge on any atom is -0.0499 e. The van der Waals surface area contributed by atoms with Crippen LogP contribution in [0.2, 0.25) is 0 Å². The minimum atomic E-state index is 1.20. The normalized spacial score (nSPS) is 62.8. The highest BCUT2D eigenvalue weighted by molar-refractivity contribution is 5.02. The Kier molecular flexibility index (Phi) is 1.31. The van der Waals surface area contributed by atoms with Crippen LogP contribution in [0.25, 0.3) is 0 Å². The third kappa shape index (κ3) is 0.926. The van der Waals surface area contributed by atoms with Gasteiger partial charge in [-0.3, -0.25) is 0 Å². The van der Waals surface area contributed by atoms with E-state index in [4.69, 9.17) is 0 Å². The summed E-state index contributed by atoms with van der Waals surface area (Å²) in [6.07, 6.45) is 11.3. The molecule has 0 spiro atoms. The zero-order valence-electron chi connectivity index (χ0n) is 8.41. The summed E-state index contributed by atoms with van der Waals surface area (Å²) in [5, 5.41) is 0. The van der Waals surface area contributed by atoms with Crippen molar-refractivity contribution >= 4 is 0 Å². The molecule has 0 amide bonds. The van der Waals surface area contributed by atoms with Crippen LogP contribution >= 0.6 is 0 Å². The van der Waals surface area contributed by atoms with E-state index in [-0.39, 0.29) is 0 Å². The molecule has 6 atom stereocenters. The number of hydrogen-bond donors (Lipinski definition) is 0. The number of rotatable bonds is 0. The quantitative estimate of drug-likeness (QED) is 0.530. The molecule has 0 N–H and O–H groups in total. The Morgan fingerprint density at radius 1 is 0.462 bits per heavy atom. The lowest BCUT2D eigenvalue weighted by atomic mass is 9.54. The first-order valence-electron chi connectivity index (χ1n) is 6.42. The summed E-state index contributed by atoms with van der Waals surface area (Å²) in [6.45, 7) is 0. The molecule has 0 aromatic carbocycles. The summed E-state index contributed by atoms with van der Waals surface area (Å²) in [6, 6.07) is 0. The van der Waals surface area contributed by atoms with Gasteiger partial charge in [0.15, 0.2) is 0 Å². The van der Waals surface area contributed by atoms with Crippen molar-refractivity contribution in [3.8, 4) is 0 Å². The Morgan fingerprint density at radius 2 is 0.923 bits per heavy atom. The molecule has 0 saturated heterocycles. The van der Waals surface area contributed by atoms with Gasteiger partial charge in [-0.15, -0.1) is 0 Å². The van der Waals surface area contributed by atoms with Crippen molar-refractivity contribution in [1.29, 1.82) is 0 Å². The molecular weight excluding hydrogens is 156 g/mol. The summed E-state index contributed by atoms with van der Waals surface area (Å²) in [5.41, 5.74) is 0. The summed E-state index contributed by atoms with van der Waals surface area (Å²) in [5.74, 6) is 7.22. The molecule has 0 aromatic heterocycles. The smallest absolute Gasteiger partial charge is 0.0355 e. The van der Waals surface area contributed by atoms with Crippen molar-refractivity contribution in [2.24, 2.45) is 35.5 Å². The fourth-order valence-corrected chi connectivity index (χ4v) is 4.57. The third-order valence-electron chi connectivity index (χ3n) is 5.78. The van der Waals surface area contributed by atoms with Crippen LogP contribution < -0.4 is 0 Å². The van der Waals surface area contributed by atoms with Gasteiger partial charge < -0.3 is 0 Å².